The molecule has 1 heterocycles. The fraction of sp³-hybridized carbons (Fsp3) is 0.333. The minimum absolute atomic E-state index is 0.139. The maximum absolute atomic E-state index is 12.3. The Morgan fingerprint density at radius 2 is 1.83 bits per heavy atom. The number of aryl methyl sites for hydroxylation is 1. The minimum Gasteiger partial charge on any atom is -0.494 e. The van der Waals surface area contributed by atoms with E-state index >= 15 is 0 Å². The number of hydrogen-bond donors (Lipinski definition) is 1. The highest BCUT2D eigenvalue weighted by atomic mass is 32.1. The molecule has 0 aliphatic heterocycles. The predicted octanol–water partition coefficient (Wildman–Crippen LogP) is 4.26. The lowest BCUT2D eigenvalue weighted by Crippen LogP contribution is -2.12. The van der Waals surface area contributed by atoms with Crippen LogP contribution in [-0.2, 0) is 9.53 Å². The van der Waals surface area contributed by atoms with Crippen molar-refractivity contribution in [2.45, 2.75) is 27.2 Å². The molecule has 0 saturated carbocycles. The van der Waals surface area contributed by atoms with E-state index in [0.29, 0.717) is 23.6 Å². The highest BCUT2D eigenvalue weighted by Crippen LogP contribution is 2.40. The highest BCUT2D eigenvalue weighted by Gasteiger charge is 2.24. The Morgan fingerprint density at radius 3 is 2.38 bits per heavy atom. The molecule has 24 heavy (non-hydrogen) atoms. The molecule has 1 aromatic heterocycles. The second-order valence-corrected chi connectivity index (χ2v) is 6.31. The molecule has 0 saturated heterocycles. The average molecular weight is 347 g/mol. The van der Waals surface area contributed by atoms with E-state index in [9.17, 15) is 9.59 Å². The summed E-state index contributed by atoms with van der Waals surface area (Å²) < 4.78 is 10.4. The minimum atomic E-state index is -0.463. The van der Waals surface area contributed by atoms with Crippen molar-refractivity contribution in [3.63, 3.8) is 0 Å². The Kier molecular flexibility index (Phi) is 5.98. The number of anilines is 1. The van der Waals surface area contributed by atoms with Crippen molar-refractivity contribution in [2.75, 3.05) is 19.0 Å². The molecule has 0 bridgehead atoms. The van der Waals surface area contributed by atoms with Crippen molar-refractivity contribution in [1.29, 1.82) is 0 Å². The van der Waals surface area contributed by atoms with Gasteiger partial charge in [-0.1, -0.05) is 19.1 Å². The summed E-state index contributed by atoms with van der Waals surface area (Å²) in [5, 5.41) is 3.32. The lowest BCUT2D eigenvalue weighted by molar-refractivity contribution is -0.115. The summed E-state index contributed by atoms with van der Waals surface area (Å²) in [7, 11) is 1.34. The van der Waals surface area contributed by atoms with Gasteiger partial charge in [0.1, 0.15) is 16.3 Å². The number of ether oxygens (including phenoxy) is 2. The van der Waals surface area contributed by atoms with Crippen LogP contribution in [0.25, 0.3) is 11.1 Å². The molecular weight excluding hydrogens is 326 g/mol. The molecule has 1 N–H and O–H groups in total. The van der Waals surface area contributed by atoms with Crippen LogP contribution in [0.5, 0.6) is 5.75 Å². The van der Waals surface area contributed by atoms with Crippen LogP contribution in [0.1, 0.15) is 35.5 Å². The summed E-state index contributed by atoms with van der Waals surface area (Å²) in [5.41, 5.74) is 2.05. The van der Waals surface area contributed by atoms with Gasteiger partial charge in [-0.3, -0.25) is 4.79 Å². The molecule has 0 fully saturated rings. The molecule has 1 amide bonds. The SMILES string of the molecule is CCOc1ccc(-c2c(C)sc(NC(=O)CC)c2C(=O)OC)cc1. The largest absolute Gasteiger partial charge is 0.494 e. The lowest BCUT2D eigenvalue weighted by Gasteiger charge is -2.09. The number of carbonyl (C=O) groups is 2. The topological polar surface area (TPSA) is 64.6 Å². The maximum atomic E-state index is 12.3. The molecule has 6 heteroatoms. The van der Waals surface area contributed by atoms with Crippen LogP contribution in [0.3, 0.4) is 0 Å². The van der Waals surface area contributed by atoms with Gasteiger partial charge in [-0.05, 0) is 31.5 Å². The first-order chi connectivity index (χ1) is 11.5. The van der Waals surface area contributed by atoms with Crippen LogP contribution < -0.4 is 10.1 Å². The van der Waals surface area contributed by atoms with E-state index < -0.39 is 5.97 Å². The second kappa shape index (κ2) is 7.97. The van der Waals surface area contributed by atoms with Gasteiger partial charge in [0, 0.05) is 16.9 Å². The fourth-order valence-electron chi connectivity index (χ4n) is 2.38. The summed E-state index contributed by atoms with van der Waals surface area (Å²) in [4.78, 5) is 25.0. The number of benzene rings is 1. The Labute approximate surface area is 145 Å². The number of amides is 1. The number of thiophene rings is 1. The van der Waals surface area contributed by atoms with E-state index in [2.05, 4.69) is 5.32 Å². The zero-order valence-electron chi connectivity index (χ0n) is 14.3. The second-order valence-electron chi connectivity index (χ2n) is 5.09. The van der Waals surface area contributed by atoms with Gasteiger partial charge in [-0.15, -0.1) is 11.3 Å². The maximum Gasteiger partial charge on any atom is 0.341 e. The van der Waals surface area contributed by atoms with Gasteiger partial charge < -0.3 is 14.8 Å². The third-order valence-electron chi connectivity index (χ3n) is 3.50. The molecule has 0 radical (unpaired) electrons. The number of nitrogens with one attached hydrogen (secondary N) is 1. The number of carbonyl (C=O) groups excluding carboxylic acids is 2. The van der Waals surface area contributed by atoms with Crippen LogP contribution in [0.2, 0.25) is 0 Å². The van der Waals surface area contributed by atoms with Crippen molar-refractivity contribution >= 4 is 28.2 Å². The quantitative estimate of drug-likeness (QED) is 0.793. The first-order valence-corrected chi connectivity index (χ1v) is 8.58. The van der Waals surface area contributed by atoms with Gasteiger partial charge in [-0.25, -0.2) is 4.79 Å². The standard InChI is InChI=1S/C18H21NO4S/c1-5-14(20)19-17-16(18(21)22-4)15(11(3)24-17)12-7-9-13(10-8-12)23-6-2/h7-10H,5-6H2,1-4H3,(H,19,20). The Hall–Kier alpha value is -2.34. The van der Waals surface area contributed by atoms with Crippen LogP contribution in [0, 0.1) is 6.92 Å². The number of rotatable bonds is 6. The third-order valence-corrected chi connectivity index (χ3v) is 4.52. The molecule has 0 unspecified atom stereocenters. The van der Waals surface area contributed by atoms with E-state index in [1.165, 1.54) is 18.4 Å². The summed E-state index contributed by atoms with van der Waals surface area (Å²) in [6, 6.07) is 7.53. The molecule has 0 spiro atoms. The Bertz CT molecular complexity index is 734. The van der Waals surface area contributed by atoms with Crippen molar-refractivity contribution in [2.24, 2.45) is 0 Å². The van der Waals surface area contributed by atoms with Crippen LogP contribution >= 0.6 is 11.3 Å². The molecule has 0 aliphatic carbocycles. The zero-order valence-corrected chi connectivity index (χ0v) is 15.1. The van der Waals surface area contributed by atoms with Crippen LogP contribution in [-0.4, -0.2) is 25.6 Å². The predicted molar refractivity (Wildman–Crippen MR) is 95.9 cm³/mol. The molecule has 0 aliphatic rings. The molecule has 128 valence electrons. The first-order valence-electron chi connectivity index (χ1n) is 7.76. The first kappa shape index (κ1) is 18.0. The Morgan fingerprint density at radius 1 is 1.17 bits per heavy atom. The van der Waals surface area contributed by atoms with Crippen LogP contribution in [0.4, 0.5) is 5.00 Å². The summed E-state index contributed by atoms with van der Waals surface area (Å²) in [6.45, 7) is 6.21. The van der Waals surface area contributed by atoms with E-state index in [4.69, 9.17) is 9.47 Å². The van der Waals surface area contributed by atoms with Gasteiger partial charge in [0.2, 0.25) is 5.91 Å². The van der Waals surface area contributed by atoms with Crippen molar-refractivity contribution in [3.05, 3.63) is 34.7 Å². The molecule has 2 rings (SSSR count). The fourth-order valence-corrected chi connectivity index (χ4v) is 3.46. The monoisotopic (exact) mass is 347 g/mol. The van der Waals surface area contributed by atoms with E-state index in [1.54, 1.807) is 6.92 Å². The smallest absolute Gasteiger partial charge is 0.341 e. The number of hydrogen-bond acceptors (Lipinski definition) is 5. The lowest BCUT2D eigenvalue weighted by atomic mass is 10.0. The molecular formula is C18H21NO4S. The average Bonchev–Trinajstić information content (AvgIpc) is 2.91. The van der Waals surface area contributed by atoms with Gasteiger partial charge >= 0.3 is 5.97 Å². The van der Waals surface area contributed by atoms with E-state index in [0.717, 1.165) is 21.8 Å². The normalized spacial score (nSPS) is 10.3. The molecule has 1 aromatic carbocycles. The van der Waals surface area contributed by atoms with E-state index in [1.807, 2.05) is 38.1 Å². The number of esters is 1. The van der Waals surface area contributed by atoms with Gasteiger partial charge in [0.25, 0.3) is 0 Å². The van der Waals surface area contributed by atoms with Crippen molar-refractivity contribution < 1.29 is 19.1 Å². The summed E-state index contributed by atoms with van der Waals surface area (Å²) >= 11 is 1.37. The van der Waals surface area contributed by atoms with Crippen molar-refractivity contribution in [3.8, 4) is 16.9 Å². The van der Waals surface area contributed by atoms with Gasteiger partial charge in [0.05, 0.1) is 13.7 Å². The summed E-state index contributed by atoms with van der Waals surface area (Å²) in [6.07, 6.45) is 0.343. The molecule has 5 nitrogen and oxygen atoms in total. The third kappa shape index (κ3) is 3.76. The summed E-state index contributed by atoms with van der Waals surface area (Å²) in [5.74, 6) is 0.169. The highest BCUT2D eigenvalue weighted by molar-refractivity contribution is 7.17. The van der Waals surface area contributed by atoms with Crippen LogP contribution in [0.15, 0.2) is 24.3 Å². The van der Waals surface area contributed by atoms with Crippen molar-refractivity contribution in [1.82, 2.24) is 0 Å². The molecule has 2 aromatic rings. The van der Waals surface area contributed by atoms with Gasteiger partial charge in [-0.2, -0.15) is 0 Å². The zero-order chi connectivity index (χ0) is 17.7. The number of methoxy groups -OCH3 is 1. The molecule has 0 atom stereocenters. The Balaban J connectivity index is 2.51. The van der Waals surface area contributed by atoms with Gasteiger partial charge in [0.15, 0.2) is 0 Å². The van der Waals surface area contributed by atoms with E-state index in [-0.39, 0.29) is 5.91 Å².